The summed E-state index contributed by atoms with van der Waals surface area (Å²) in [6, 6.07) is 0.454. The summed E-state index contributed by atoms with van der Waals surface area (Å²) in [6.07, 6.45) is 5.14. The van der Waals surface area contributed by atoms with Gasteiger partial charge in [-0.25, -0.2) is 4.79 Å². The van der Waals surface area contributed by atoms with Gasteiger partial charge in [-0.2, -0.15) is 0 Å². The predicted octanol–water partition coefficient (Wildman–Crippen LogP) is 4.06. The summed E-state index contributed by atoms with van der Waals surface area (Å²) in [5, 5.41) is 0. The number of nitrogens with zero attached hydrogens (tertiary/aromatic N) is 2. The highest BCUT2D eigenvalue weighted by Gasteiger charge is 2.39. The fraction of sp³-hybridized carbons (Fsp3) is 0.900. The Hall–Kier alpha value is -1.26. The van der Waals surface area contributed by atoms with Crippen LogP contribution in [0.15, 0.2) is 0 Å². The molecule has 0 aromatic heterocycles. The first kappa shape index (κ1) is 20.1. The van der Waals surface area contributed by atoms with Gasteiger partial charge in [0.2, 0.25) is 5.91 Å². The van der Waals surface area contributed by atoms with Crippen LogP contribution in [-0.4, -0.2) is 52.6 Å². The van der Waals surface area contributed by atoms with Crippen molar-refractivity contribution in [3.8, 4) is 0 Å². The molecule has 2 rings (SSSR count). The third kappa shape index (κ3) is 5.35. The quantitative estimate of drug-likeness (QED) is 0.769. The molecule has 0 bridgehead atoms. The molecule has 1 aliphatic carbocycles. The van der Waals surface area contributed by atoms with Crippen LogP contribution in [-0.2, 0) is 9.53 Å². The van der Waals surface area contributed by atoms with Crippen LogP contribution in [0.1, 0.15) is 73.6 Å². The van der Waals surface area contributed by atoms with Gasteiger partial charge in [0.05, 0.1) is 6.04 Å². The molecule has 0 spiro atoms. The molecule has 0 radical (unpaired) electrons. The average molecular weight is 353 g/mol. The lowest BCUT2D eigenvalue weighted by Gasteiger charge is -2.41. The van der Waals surface area contributed by atoms with E-state index in [1.807, 2.05) is 34.6 Å². The molecule has 5 nitrogen and oxygen atoms in total. The van der Waals surface area contributed by atoms with Crippen LogP contribution in [0.4, 0.5) is 4.79 Å². The van der Waals surface area contributed by atoms with Crippen LogP contribution in [0.25, 0.3) is 0 Å². The van der Waals surface area contributed by atoms with Gasteiger partial charge in [-0.05, 0) is 58.8 Å². The summed E-state index contributed by atoms with van der Waals surface area (Å²) >= 11 is 0. The Morgan fingerprint density at radius 2 is 1.64 bits per heavy atom. The Labute approximate surface area is 153 Å². The van der Waals surface area contributed by atoms with E-state index in [0.717, 1.165) is 25.2 Å². The predicted molar refractivity (Wildman–Crippen MR) is 99.3 cm³/mol. The molecule has 144 valence electrons. The molecule has 25 heavy (non-hydrogen) atoms. The second-order valence-electron chi connectivity index (χ2n) is 9.18. The van der Waals surface area contributed by atoms with Crippen molar-refractivity contribution >= 4 is 12.0 Å². The van der Waals surface area contributed by atoms with Crippen LogP contribution in [0.3, 0.4) is 0 Å². The lowest BCUT2D eigenvalue weighted by atomic mass is 9.85. The normalized spacial score (nSPS) is 27.5. The second kappa shape index (κ2) is 7.96. The van der Waals surface area contributed by atoms with Gasteiger partial charge in [-0.15, -0.1) is 0 Å². The molecule has 2 aliphatic rings. The van der Waals surface area contributed by atoms with Gasteiger partial charge < -0.3 is 14.5 Å². The Morgan fingerprint density at radius 1 is 1.04 bits per heavy atom. The van der Waals surface area contributed by atoms with E-state index in [4.69, 9.17) is 4.74 Å². The molecule has 0 unspecified atom stereocenters. The molecular formula is C20H36N2O3. The van der Waals surface area contributed by atoms with Crippen LogP contribution >= 0.6 is 0 Å². The molecule has 0 N–H and O–H groups in total. The van der Waals surface area contributed by atoms with Crippen LogP contribution in [0, 0.1) is 11.8 Å². The minimum absolute atomic E-state index is 0.00470. The number of rotatable bonds is 3. The van der Waals surface area contributed by atoms with Crippen molar-refractivity contribution in [2.75, 3.05) is 13.1 Å². The number of amides is 2. The lowest BCUT2D eigenvalue weighted by Crippen LogP contribution is -2.51. The molecule has 1 aliphatic heterocycles. The highest BCUT2D eigenvalue weighted by Crippen LogP contribution is 2.31. The average Bonchev–Trinajstić information content (AvgIpc) is 2.97. The van der Waals surface area contributed by atoms with E-state index < -0.39 is 5.60 Å². The SMILES string of the molecule is CC1CCC(N(C(=O)C(C)C)[C@H]2CCN(C(=O)OC(C)(C)C)C2)CC1. The number of carbonyl (C=O) groups excluding carboxylic acids is 2. The molecule has 1 heterocycles. The summed E-state index contributed by atoms with van der Waals surface area (Å²) < 4.78 is 5.50. The molecule has 1 saturated carbocycles. The zero-order chi connectivity index (χ0) is 18.8. The van der Waals surface area contributed by atoms with Crippen molar-refractivity contribution < 1.29 is 14.3 Å². The maximum atomic E-state index is 12.9. The monoisotopic (exact) mass is 352 g/mol. The van der Waals surface area contributed by atoms with E-state index in [2.05, 4.69) is 11.8 Å². The molecule has 0 aromatic rings. The fourth-order valence-corrected chi connectivity index (χ4v) is 3.94. The Morgan fingerprint density at radius 3 is 2.16 bits per heavy atom. The summed E-state index contributed by atoms with van der Waals surface area (Å²) in [7, 11) is 0. The molecule has 5 heteroatoms. The lowest BCUT2D eigenvalue weighted by molar-refractivity contribution is -0.140. The zero-order valence-corrected chi connectivity index (χ0v) is 16.9. The smallest absolute Gasteiger partial charge is 0.410 e. The van der Waals surface area contributed by atoms with E-state index in [-0.39, 0.29) is 24.0 Å². The summed E-state index contributed by atoms with van der Waals surface area (Å²) in [5.41, 5.74) is -0.484. The Kier molecular flexibility index (Phi) is 6.39. The van der Waals surface area contributed by atoms with Crippen molar-refractivity contribution in [1.82, 2.24) is 9.80 Å². The number of hydrogen-bond donors (Lipinski definition) is 0. The molecule has 2 amide bonds. The minimum atomic E-state index is -0.484. The Balaban J connectivity index is 2.06. The standard InChI is InChI=1S/C20H36N2O3/c1-14(2)18(23)22(16-9-7-15(3)8-10-16)17-11-12-21(13-17)19(24)25-20(4,5)6/h14-17H,7-13H2,1-6H3/t15?,16?,17-/m0/s1. The van der Waals surface area contributed by atoms with Gasteiger partial charge >= 0.3 is 6.09 Å². The second-order valence-corrected chi connectivity index (χ2v) is 9.18. The highest BCUT2D eigenvalue weighted by atomic mass is 16.6. The third-order valence-electron chi connectivity index (χ3n) is 5.34. The highest BCUT2D eigenvalue weighted by molar-refractivity contribution is 5.79. The van der Waals surface area contributed by atoms with Gasteiger partial charge in [0.1, 0.15) is 5.60 Å². The van der Waals surface area contributed by atoms with Crippen LogP contribution < -0.4 is 0 Å². The van der Waals surface area contributed by atoms with E-state index in [0.29, 0.717) is 19.1 Å². The van der Waals surface area contributed by atoms with Gasteiger partial charge in [-0.1, -0.05) is 20.8 Å². The van der Waals surface area contributed by atoms with Crippen molar-refractivity contribution in [1.29, 1.82) is 0 Å². The molecule has 0 aromatic carbocycles. The van der Waals surface area contributed by atoms with Gasteiger partial charge in [0.15, 0.2) is 0 Å². The Bertz CT molecular complexity index is 476. The van der Waals surface area contributed by atoms with E-state index >= 15 is 0 Å². The first-order valence-corrected chi connectivity index (χ1v) is 9.88. The van der Waals surface area contributed by atoms with E-state index in [1.54, 1.807) is 4.90 Å². The van der Waals surface area contributed by atoms with Gasteiger partial charge in [0, 0.05) is 25.0 Å². The van der Waals surface area contributed by atoms with E-state index in [9.17, 15) is 9.59 Å². The van der Waals surface area contributed by atoms with Crippen molar-refractivity contribution in [3.05, 3.63) is 0 Å². The summed E-state index contributed by atoms with van der Waals surface area (Å²) in [4.78, 5) is 29.2. The molecule has 2 fully saturated rings. The van der Waals surface area contributed by atoms with Crippen molar-refractivity contribution in [2.45, 2.75) is 91.3 Å². The summed E-state index contributed by atoms with van der Waals surface area (Å²) in [5.74, 6) is 0.986. The van der Waals surface area contributed by atoms with Crippen LogP contribution in [0.2, 0.25) is 0 Å². The van der Waals surface area contributed by atoms with Crippen molar-refractivity contribution in [2.24, 2.45) is 11.8 Å². The molecule has 1 saturated heterocycles. The first-order valence-electron chi connectivity index (χ1n) is 9.88. The number of likely N-dealkylation sites (tertiary alicyclic amines) is 1. The van der Waals surface area contributed by atoms with E-state index in [1.165, 1.54) is 12.8 Å². The summed E-state index contributed by atoms with van der Waals surface area (Å²) in [6.45, 7) is 13.2. The number of carbonyl (C=O) groups is 2. The maximum absolute atomic E-state index is 12.9. The zero-order valence-electron chi connectivity index (χ0n) is 16.9. The van der Waals surface area contributed by atoms with Gasteiger partial charge in [-0.3, -0.25) is 4.79 Å². The topological polar surface area (TPSA) is 49.9 Å². The van der Waals surface area contributed by atoms with Crippen molar-refractivity contribution in [3.63, 3.8) is 0 Å². The third-order valence-corrected chi connectivity index (χ3v) is 5.34. The molecular weight excluding hydrogens is 316 g/mol. The molecule has 1 atom stereocenters. The number of hydrogen-bond acceptors (Lipinski definition) is 3. The van der Waals surface area contributed by atoms with Crippen LogP contribution in [0.5, 0.6) is 0 Å². The first-order chi connectivity index (χ1) is 11.6. The minimum Gasteiger partial charge on any atom is -0.444 e. The number of ether oxygens (including phenoxy) is 1. The van der Waals surface area contributed by atoms with Gasteiger partial charge in [0.25, 0.3) is 0 Å². The largest absolute Gasteiger partial charge is 0.444 e. The fourth-order valence-electron chi connectivity index (χ4n) is 3.94. The maximum Gasteiger partial charge on any atom is 0.410 e.